The van der Waals surface area contributed by atoms with Crippen molar-refractivity contribution >= 4 is 34.4 Å². The average Bonchev–Trinajstić information content (AvgIpc) is 3.10. The Kier molecular flexibility index (Phi) is 5.95. The summed E-state index contributed by atoms with van der Waals surface area (Å²) < 4.78 is 3.50. The minimum atomic E-state index is -0.141. The Morgan fingerprint density at radius 1 is 1.06 bits per heavy atom. The van der Waals surface area contributed by atoms with E-state index in [1.807, 2.05) is 92.3 Å². The van der Waals surface area contributed by atoms with Crippen molar-refractivity contribution in [3.05, 3.63) is 77.2 Å². The number of anilines is 1. The van der Waals surface area contributed by atoms with Gasteiger partial charge in [-0.3, -0.25) is 14.2 Å². The summed E-state index contributed by atoms with van der Waals surface area (Å²) in [5.74, 6) is 0.0183. The largest absolute Gasteiger partial charge is 0.344 e. The van der Waals surface area contributed by atoms with E-state index in [-0.39, 0.29) is 23.3 Å². The van der Waals surface area contributed by atoms with Gasteiger partial charge in [0.05, 0.1) is 5.75 Å². The fraction of sp³-hybridized carbons (Fsp3) is 0.208. The Balaban J connectivity index is 1.72. The van der Waals surface area contributed by atoms with Crippen molar-refractivity contribution in [2.45, 2.75) is 25.0 Å². The highest BCUT2D eigenvalue weighted by Gasteiger charge is 2.20. The molecular formula is C24H24N4O2S. The number of benzene rings is 2. The topological polar surface area (TPSA) is 68.9 Å². The first-order valence-corrected chi connectivity index (χ1v) is 11.1. The molecule has 0 saturated carbocycles. The van der Waals surface area contributed by atoms with E-state index < -0.39 is 0 Å². The van der Waals surface area contributed by atoms with Crippen LogP contribution in [-0.2, 0) is 11.8 Å². The molecule has 4 rings (SSSR count). The average molecular weight is 433 g/mol. The second kappa shape index (κ2) is 8.81. The van der Waals surface area contributed by atoms with Crippen molar-refractivity contribution in [3.63, 3.8) is 0 Å². The molecule has 0 radical (unpaired) electrons. The maximum atomic E-state index is 13.4. The number of hydrogen-bond donors (Lipinski definition) is 1. The third kappa shape index (κ3) is 4.27. The van der Waals surface area contributed by atoms with Crippen LogP contribution in [0.25, 0.3) is 22.2 Å². The van der Waals surface area contributed by atoms with Crippen LogP contribution in [-0.4, -0.2) is 25.8 Å². The third-order valence-corrected chi connectivity index (χ3v) is 5.93. The summed E-state index contributed by atoms with van der Waals surface area (Å²) in [5.41, 5.74) is 3.76. The number of carbonyl (C=O) groups is 1. The van der Waals surface area contributed by atoms with Crippen LogP contribution in [0.5, 0.6) is 0 Å². The Bertz CT molecular complexity index is 1280. The number of nitrogens with zero attached hydrogens (tertiary/aromatic N) is 3. The van der Waals surface area contributed by atoms with Crippen molar-refractivity contribution < 1.29 is 4.79 Å². The molecule has 0 unspecified atom stereocenters. The number of carbonyl (C=O) groups excluding carboxylic acids is 1. The highest BCUT2D eigenvalue weighted by atomic mass is 32.2. The minimum absolute atomic E-state index is 0.0841. The molecule has 0 saturated heterocycles. The summed E-state index contributed by atoms with van der Waals surface area (Å²) in [7, 11) is 1.86. The fourth-order valence-electron chi connectivity index (χ4n) is 3.56. The number of rotatable bonds is 6. The summed E-state index contributed by atoms with van der Waals surface area (Å²) in [4.78, 5) is 30.7. The van der Waals surface area contributed by atoms with Crippen molar-refractivity contribution in [1.29, 1.82) is 0 Å². The zero-order valence-corrected chi connectivity index (χ0v) is 18.5. The first-order chi connectivity index (χ1) is 15.0. The molecule has 0 bridgehead atoms. The molecule has 2 aromatic heterocycles. The van der Waals surface area contributed by atoms with Crippen LogP contribution in [0.4, 0.5) is 5.69 Å². The summed E-state index contributed by atoms with van der Waals surface area (Å²) in [6, 6.07) is 19.1. The molecular weight excluding hydrogens is 408 g/mol. The van der Waals surface area contributed by atoms with Crippen LogP contribution >= 0.6 is 11.8 Å². The van der Waals surface area contributed by atoms with Crippen molar-refractivity contribution in [1.82, 2.24) is 14.1 Å². The zero-order chi connectivity index (χ0) is 22.0. The molecule has 6 nitrogen and oxygen atoms in total. The first kappa shape index (κ1) is 20.9. The highest BCUT2D eigenvalue weighted by Crippen LogP contribution is 2.30. The van der Waals surface area contributed by atoms with Gasteiger partial charge in [-0.15, -0.1) is 0 Å². The van der Waals surface area contributed by atoms with Gasteiger partial charge in [-0.25, -0.2) is 4.98 Å². The molecule has 1 N–H and O–H groups in total. The van der Waals surface area contributed by atoms with Crippen LogP contribution < -0.4 is 10.9 Å². The normalized spacial score (nSPS) is 11.2. The Hall–Kier alpha value is -3.32. The molecule has 7 heteroatoms. The SMILES string of the molecule is CC(C)n1c(SCC(=O)Nc2ccccc2)nc2c(-c3ccccc3)cn(C)c2c1=O. The maximum absolute atomic E-state index is 13.4. The number of para-hydroxylation sites is 1. The lowest BCUT2D eigenvalue weighted by Crippen LogP contribution is -2.26. The quantitative estimate of drug-likeness (QED) is 0.354. The molecule has 158 valence electrons. The minimum Gasteiger partial charge on any atom is -0.344 e. The zero-order valence-electron chi connectivity index (χ0n) is 17.7. The Morgan fingerprint density at radius 3 is 2.35 bits per heavy atom. The van der Waals surface area contributed by atoms with Crippen LogP contribution in [0, 0.1) is 0 Å². The van der Waals surface area contributed by atoms with Gasteiger partial charge in [-0.2, -0.15) is 0 Å². The fourth-order valence-corrected chi connectivity index (χ4v) is 4.49. The van der Waals surface area contributed by atoms with Gasteiger partial charge < -0.3 is 9.88 Å². The van der Waals surface area contributed by atoms with Crippen LogP contribution in [0.2, 0.25) is 0 Å². The van der Waals surface area contributed by atoms with E-state index in [0.29, 0.717) is 16.2 Å². The van der Waals surface area contributed by atoms with E-state index in [1.165, 1.54) is 11.8 Å². The molecule has 2 heterocycles. The van der Waals surface area contributed by atoms with Crippen LogP contribution in [0.15, 0.2) is 76.8 Å². The van der Waals surface area contributed by atoms with E-state index >= 15 is 0 Å². The number of fused-ring (bicyclic) bond motifs is 1. The van der Waals surface area contributed by atoms with E-state index in [2.05, 4.69) is 5.32 Å². The summed E-state index contributed by atoms with van der Waals surface area (Å²) in [6.45, 7) is 3.90. The molecule has 4 aromatic rings. The molecule has 0 spiro atoms. The summed E-state index contributed by atoms with van der Waals surface area (Å²) >= 11 is 1.28. The van der Waals surface area contributed by atoms with Gasteiger partial charge in [-0.05, 0) is 31.5 Å². The van der Waals surface area contributed by atoms with Gasteiger partial charge in [0.15, 0.2) is 5.16 Å². The molecule has 0 atom stereocenters. The van der Waals surface area contributed by atoms with E-state index in [0.717, 1.165) is 16.8 Å². The van der Waals surface area contributed by atoms with Gasteiger partial charge in [0.1, 0.15) is 11.0 Å². The van der Waals surface area contributed by atoms with Gasteiger partial charge >= 0.3 is 0 Å². The van der Waals surface area contributed by atoms with Crippen molar-refractivity contribution in [2.24, 2.45) is 7.05 Å². The smallest absolute Gasteiger partial charge is 0.278 e. The molecule has 1 amide bonds. The van der Waals surface area contributed by atoms with Gasteiger partial charge in [0.2, 0.25) is 5.91 Å². The molecule has 0 aliphatic heterocycles. The molecule has 0 aliphatic carbocycles. The molecule has 31 heavy (non-hydrogen) atoms. The number of thioether (sulfide) groups is 1. The Morgan fingerprint density at radius 2 is 1.71 bits per heavy atom. The van der Waals surface area contributed by atoms with Crippen molar-refractivity contribution in [3.8, 4) is 11.1 Å². The van der Waals surface area contributed by atoms with Crippen molar-refractivity contribution in [2.75, 3.05) is 11.1 Å². The lowest BCUT2D eigenvalue weighted by molar-refractivity contribution is -0.113. The number of hydrogen-bond acceptors (Lipinski definition) is 4. The van der Waals surface area contributed by atoms with Crippen LogP contribution in [0.3, 0.4) is 0 Å². The lowest BCUT2D eigenvalue weighted by Gasteiger charge is -2.16. The number of aromatic nitrogens is 3. The monoisotopic (exact) mass is 432 g/mol. The van der Waals surface area contributed by atoms with E-state index in [1.54, 1.807) is 4.57 Å². The maximum Gasteiger partial charge on any atom is 0.278 e. The predicted molar refractivity (Wildman–Crippen MR) is 127 cm³/mol. The molecule has 0 aliphatic rings. The number of nitrogens with one attached hydrogen (secondary N) is 1. The summed E-state index contributed by atoms with van der Waals surface area (Å²) in [6.07, 6.45) is 1.94. The number of amides is 1. The molecule has 0 fully saturated rings. The van der Waals surface area contributed by atoms with Crippen LogP contribution in [0.1, 0.15) is 19.9 Å². The Labute approximate surface area is 184 Å². The number of aryl methyl sites for hydroxylation is 1. The molecule has 2 aromatic carbocycles. The van der Waals surface area contributed by atoms with Gasteiger partial charge in [0.25, 0.3) is 5.56 Å². The predicted octanol–water partition coefficient (Wildman–Crippen LogP) is 4.71. The second-order valence-electron chi connectivity index (χ2n) is 7.58. The standard InChI is InChI=1S/C24H24N4O2S/c1-16(2)28-23(30)22-21(19(14-27(22)3)17-10-6-4-7-11-17)26-24(28)31-15-20(29)25-18-12-8-5-9-13-18/h4-14,16H,15H2,1-3H3,(H,25,29). The lowest BCUT2D eigenvalue weighted by atomic mass is 10.1. The third-order valence-electron chi connectivity index (χ3n) is 4.98. The van der Waals surface area contributed by atoms with Gasteiger partial charge in [-0.1, -0.05) is 60.3 Å². The van der Waals surface area contributed by atoms with E-state index in [4.69, 9.17) is 4.98 Å². The summed E-state index contributed by atoms with van der Waals surface area (Å²) in [5, 5.41) is 3.42. The van der Waals surface area contributed by atoms with Gasteiger partial charge in [0, 0.05) is 30.5 Å². The van der Waals surface area contributed by atoms with E-state index in [9.17, 15) is 9.59 Å². The highest BCUT2D eigenvalue weighted by molar-refractivity contribution is 7.99. The second-order valence-corrected chi connectivity index (χ2v) is 8.53. The first-order valence-electron chi connectivity index (χ1n) is 10.1.